The number of amides is 1. The smallest absolute Gasteiger partial charge is 0.246 e. The molecule has 0 aliphatic carbocycles. The zero-order valence-corrected chi connectivity index (χ0v) is 11.8. The van der Waals surface area contributed by atoms with Crippen LogP contribution in [0.4, 0.5) is 0 Å². The van der Waals surface area contributed by atoms with Crippen molar-refractivity contribution in [1.29, 1.82) is 0 Å². The third-order valence-electron chi connectivity index (χ3n) is 3.39. The monoisotopic (exact) mass is 275 g/mol. The lowest BCUT2D eigenvalue weighted by Crippen LogP contribution is -2.39. The largest absolute Gasteiger partial charge is 0.388 e. The van der Waals surface area contributed by atoms with Crippen LogP contribution in [0.2, 0.25) is 0 Å². The molecule has 0 unspecified atom stereocenters. The highest BCUT2D eigenvalue weighted by Gasteiger charge is 2.15. The molecule has 108 valence electrons. The van der Waals surface area contributed by atoms with Crippen LogP contribution in [-0.2, 0) is 9.53 Å². The Morgan fingerprint density at radius 2 is 2.00 bits per heavy atom. The molecule has 2 rings (SSSR count). The standard InChI is InChI=1S/C16H21NO3/c1-13(11-15(18)14-5-3-2-4-6-14)12-16(19)17-7-9-20-10-8-17/h2-6,12,15,18H,7-11H2,1H3/b13-12+/t15-/m1/s1. The first-order chi connectivity index (χ1) is 9.66. The summed E-state index contributed by atoms with van der Waals surface area (Å²) in [4.78, 5) is 13.8. The molecule has 20 heavy (non-hydrogen) atoms. The van der Waals surface area contributed by atoms with Gasteiger partial charge in [-0.25, -0.2) is 0 Å². The van der Waals surface area contributed by atoms with Gasteiger partial charge in [-0.1, -0.05) is 35.9 Å². The molecule has 0 radical (unpaired) electrons. The number of hydrogen-bond donors (Lipinski definition) is 1. The number of aliphatic hydroxyl groups excluding tert-OH is 1. The maximum absolute atomic E-state index is 12.0. The molecule has 1 amide bonds. The van der Waals surface area contributed by atoms with Crippen molar-refractivity contribution in [3.8, 4) is 0 Å². The Morgan fingerprint density at radius 1 is 1.35 bits per heavy atom. The van der Waals surface area contributed by atoms with Crippen molar-refractivity contribution in [3.63, 3.8) is 0 Å². The summed E-state index contributed by atoms with van der Waals surface area (Å²) < 4.78 is 5.22. The number of aliphatic hydroxyl groups is 1. The van der Waals surface area contributed by atoms with Crippen molar-refractivity contribution in [2.24, 2.45) is 0 Å². The van der Waals surface area contributed by atoms with Gasteiger partial charge in [-0.15, -0.1) is 0 Å². The summed E-state index contributed by atoms with van der Waals surface area (Å²) in [6, 6.07) is 9.50. The quantitative estimate of drug-likeness (QED) is 0.854. The molecule has 0 bridgehead atoms. The second-order valence-corrected chi connectivity index (χ2v) is 5.06. The van der Waals surface area contributed by atoms with Crippen LogP contribution in [0, 0.1) is 0 Å². The minimum atomic E-state index is -0.565. The third kappa shape index (κ3) is 4.18. The number of carbonyl (C=O) groups excluding carboxylic acids is 1. The first-order valence-corrected chi connectivity index (χ1v) is 6.93. The summed E-state index contributed by atoms with van der Waals surface area (Å²) >= 11 is 0. The lowest BCUT2D eigenvalue weighted by Gasteiger charge is -2.26. The molecule has 0 saturated carbocycles. The molecule has 0 aromatic heterocycles. The number of morpholine rings is 1. The van der Waals surface area contributed by atoms with E-state index in [1.807, 2.05) is 37.3 Å². The lowest BCUT2D eigenvalue weighted by atomic mass is 10.0. The van der Waals surface area contributed by atoms with Gasteiger partial charge in [0, 0.05) is 19.2 Å². The van der Waals surface area contributed by atoms with Crippen molar-refractivity contribution in [2.75, 3.05) is 26.3 Å². The van der Waals surface area contributed by atoms with E-state index in [4.69, 9.17) is 4.74 Å². The normalized spacial score (nSPS) is 17.9. The van der Waals surface area contributed by atoms with Gasteiger partial charge in [0.1, 0.15) is 0 Å². The molecule has 1 atom stereocenters. The van der Waals surface area contributed by atoms with Crippen LogP contribution in [0.25, 0.3) is 0 Å². The topological polar surface area (TPSA) is 49.8 Å². The first kappa shape index (κ1) is 14.8. The molecule has 1 fully saturated rings. The SMILES string of the molecule is C/C(=C\C(=O)N1CCOCC1)C[C@@H](O)c1ccccc1. The van der Waals surface area contributed by atoms with E-state index in [1.165, 1.54) is 0 Å². The van der Waals surface area contributed by atoms with E-state index in [1.54, 1.807) is 11.0 Å². The number of ether oxygens (including phenoxy) is 1. The average molecular weight is 275 g/mol. The fraction of sp³-hybridized carbons (Fsp3) is 0.438. The van der Waals surface area contributed by atoms with Gasteiger partial charge in [0.25, 0.3) is 0 Å². The minimum Gasteiger partial charge on any atom is -0.388 e. The molecule has 1 heterocycles. The molecule has 4 heteroatoms. The van der Waals surface area contributed by atoms with Gasteiger partial charge in [-0.2, -0.15) is 0 Å². The molecule has 0 spiro atoms. The fourth-order valence-corrected chi connectivity index (χ4v) is 2.24. The van der Waals surface area contributed by atoms with E-state index in [0.29, 0.717) is 32.7 Å². The Hall–Kier alpha value is -1.65. The molecule has 1 saturated heterocycles. The van der Waals surface area contributed by atoms with Gasteiger partial charge < -0.3 is 14.7 Å². The molecule has 1 aromatic rings. The summed E-state index contributed by atoms with van der Waals surface area (Å²) in [5, 5.41) is 10.1. The fourth-order valence-electron chi connectivity index (χ4n) is 2.24. The van der Waals surface area contributed by atoms with E-state index in [-0.39, 0.29) is 5.91 Å². The molecule has 4 nitrogen and oxygen atoms in total. The molecule has 1 aromatic carbocycles. The maximum atomic E-state index is 12.0. The van der Waals surface area contributed by atoms with Gasteiger partial charge >= 0.3 is 0 Å². The van der Waals surface area contributed by atoms with E-state index < -0.39 is 6.10 Å². The number of nitrogens with zero attached hydrogens (tertiary/aromatic N) is 1. The number of hydrogen-bond acceptors (Lipinski definition) is 3. The number of carbonyl (C=O) groups is 1. The number of benzene rings is 1. The van der Waals surface area contributed by atoms with Gasteiger partial charge in [-0.3, -0.25) is 4.79 Å². The van der Waals surface area contributed by atoms with Crippen LogP contribution in [0.1, 0.15) is 25.0 Å². The average Bonchev–Trinajstić information content (AvgIpc) is 2.49. The van der Waals surface area contributed by atoms with Crippen LogP contribution in [0.5, 0.6) is 0 Å². The van der Waals surface area contributed by atoms with Crippen LogP contribution in [0.3, 0.4) is 0 Å². The van der Waals surface area contributed by atoms with Crippen molar-refractivity contribution >= 4 is 5.91 Å². The Bertz CT molecular complexity index is 464. The minimum absolute atomic E-state index is 0.00561. The zero-order chi connectivity index (χ0) is 14.4. The highest BCUT2D eigenvalue weighted by Crippen LogP contribution is 2.20. The summed E-state index contributed by atoms with van der Waals surface area (Å²) in [5.74, 6) is 0.00561. The zero-order valence-electron chi connectivity index (χ0n) is 11.8. The van der Waals surface area contributed by atoms with Crippen molar-refractivity contribution in [3.05, 3.63) is 47.5 Å². The highest BCUT2D eigenvalue weighted by atomic mass is 16.5. The van der Waals surface area contributed by atoms with Crippen molar-refractivity contribution in [1.82, 2.24) is 4.90 Å². The van der Waals surface area contributed by atoms with Gasteiger partial charge in [-0.05, 0) is 18.9 Å². The maximum Gasteiger partial charge on any atom is 0.246 e. The second-order valence-electron chi connectivity index (χ2n) is 5.06. The van der Waals surface area contributed by atoms with E-state index in [2.05, 4.69) is 0 Å². The Balaban J connectivity index is 1.91. The van der Waals surface area contributed by atoms with Gasteiger partial charge in [0.15, 0.2) is 0 Å². The highest BCUT2D eigenvalue weighted by molar-refractivity contribution is 5.88. The third-order valence-corrected chi connectivity index (χ3v) is 3.39. The summed E-state index contributed by atoms with van der Waals surface area (Å²) in [6.45, 7) is 4.37. The molecule has 1 N–H and O–H groups in total. The molecule has 1 aliphatic heterocycles. The first-order valence-electron chi connectivity index (χ1n) is 6.93. The Morgan fingerprint density at radius 3 is 2.65 bits per heavy atom. The molecule has 1 aliphatic rings. The number of rotatable bonds is 4. The second kappa shape index (κ2) is 7.22. The van der Waals surface area contributed by atoms with Crippen LogP contribution in [0.15, 0.2) is 42.0 Å². The predicted molar refractivity (Wildman–Crippen MR) is 77.2 cm³/mol. The Labute approximate surface area is 119 Å². The van der Waals surface area contributed by atoms with Crippen molar-refractivity contribution < 1.29 is 14.6 Å². The van der Waals surface area contributed by atoms with Crippen LogP contribution in [-0.4, -0.2) is 42.2 Å². The Kier molecular flexibility index (Phi) is 5.32. The van der Waals surface area contributed by atoms with E-state index in [9.17, 15) is 9.90 Å². The van der Waals surface area contributed by atoms with Crippen LogP contribution >= 0.6 is 0 Å². The van der Waals surface area contributed by atoms with E-state index >= 15 is 0 Å². The summed E-state index contributed by atoms with van der Waals surface area (Å²) in [7, 11) is 0. The summed E-state index contributed by atoms with van der Waals surface area (Å²) in [5.41, 5.74) is 1.76. The molecular formula is C16H21NO3. The van der Waals surface area contributed by atoms with Gasteiger partial charge in [0.2, 0.25) is 5.91 Å². The van der Waals surface area contributed by atoms with Crippen molar-refractivity contribution in [2.45, 2.75) is 19.4 Å². The summed E-state index contributed by atoms with van der Waals surface area (Å²) in [6.07, 6.45) is 1.53. The predicted octanol–water partition coefficient (Wildman–Crippen LogP) is 1.92. The van der Waals surface area contributed by atoms with E-state index in [0.717, 1.165) is 11.1 Å². The van der Waals surface area contributed by atoms with Gasteiger partial charge in [0.05, 0.1) is 19.3 Å². The molecular weight excluding hydrogens is 254 g/mol. The lowest BCUT2D eigenvalue weighted by molar-refractivity contribution is -0.130. The van der Waals surface area contributed by atoms with Crippen LogP contribution < -0.4 is 0 Å².